The van der Waals surface area contributed by atoms with Gasteiger partial charge >= 0.3 is 5.97 Å². The second-order valence-corrected chi connectivity index (χ2v) is 7.66. The van der Waals surface area contributed by atoms with Crippen molar-refractivity contribution in [3.63, 3.8) is 0 Å². The molecule has 0 saturated carbocycles. The molecule has 8 nitrogen and oxygen atoms in total. The van der Waals surface area contributed by atoms with Crippen LogP contribution in [0.2, 0.25) is 0 Å². The van der Waals surface area contributed by atoms with E-state index < -0.39 is 35.5 Å². The lowest BCUT2D eigenvalue weighted by Crippen LogP contribution is -2.63. The Morgan fingerprint density at radius 1 is 1.04 bits per heavy atom. The van der Waals surface area contributed by atoms with E-state index in [2.05, 4.69) is 0 Å². The van der Waals surface area contributed by atoms with Crippen molar-refractivity contribution in [2.75, 3.05) is 13.2 Å². The third-order valence-electron chi connectivity index (χ3n) is 4.42. The largest absolute Gasteiger partial charge is 0.454 e. The van der Waals surface area contributed by atoms with E-state index in [1.807, 2.05) is 0 Å². The fourth-order valence-corrected chi connectivity index (χ4v) is 3.40. The zero-order valence-electron chi connectivity index (χ0n) is 15.3. The van der Waals surface area contributed by atoms with Crippen molar-refractivity contribution in [2.45, 2.75) is 83.1 Å². The molecule has 3 rings (SSSR count). The number of hydrogen-bond donors (Lipinski definition) is 0. The summed E-state index contributed by atoms with van der Waals surface area (Å²) >= 11 is 0. The Balaban J connectivity index is 1.81. The first-order valence-electron chi connectivity index (χ1n) is 8.55. The van der Waals surface area contributed by atoms with Gasteiger partial charge in [-0.15, -0.1) is 0 Å². The minimum Gasteiger partial charge on any atom is -0.454 e. The lowest BCUT2D eigenvalue weighted by atomic mass is 9.97. The monoisotopic (exact) mass is 358 g/mol. The van der Waals surface area contributed by atoms with E-state index in [0.717, 1.165) is 0 Å². The highest BCUT2D eigenvalue weighted by Crippen LogP contribution is 2.45. The van der Waals surface area contributed by atoms with Gasteiger partial charge in [0.25, 0.3) is 0 Å². The van der Waals surface area contributed by atoms with Crippen molar-refractivity contribution in [3.8, 4) is 0 Å². The van der Waals surface area contributed by atoms with Gasteiger partial charge in [-0.05, 0) is 34.6 Å². The number of carbonyl (C=O) groups excluding carboxylic acids is 2. The summed E-state index contributed by atoms with van der Waals surface area (Å²) in [5.74, 6) is -3.52. The van der Waals surface area contributed by atoms with E-state index in [9.17, 15) is 9.59 Å². The topological polar surface area (TPSA) is 89.5 Å². The van der Waals surface area contributed by atoms with Crippen LogP contribution >= 0.6 is 0 Å². The van der Waals surface area contributed by atoms with Crippen molar-refractivity contribution in [1.29, 1.82) is 0 Å². The van der Waals surface area contributed by atoms with Gasteiger partial charge < -0.3 is 33.2 Å². The molecule has 0 aromatic heterocycles. The number of ketones is 1. The summed E-state index contributed by atoms with van der Waals surface area (Å²) in [5.41, 5.74) is 0. The smallest absolute Gasteiger partial charge is 0.306 e. The van der Waals surface area contributed by atoms with Gasteiger partial charge in [0.1, 0.15) is 24.6 Å². The Labute approximate surface area is 147 Å². The lowest BCUT2D eigenvalue weighted by molar-refractivity contribution is -0.328. The van der Waals surface area contributed by atoms with Crippen molar-refractivity contribution in [2.24, 2.45) is 0 Å². The lowest BCUT2D eigenvalue weighted by Gasteiger charge is -2.43. The quantitative estimate of drug-likeness (QED) is 0.695. The van der Waals surface area contributed by atoms with Crippen molar-refractivity contribution >= 4 is 11.8 Å². The third-order valence-corrected chi connectivity index (χ3v) is 4.42. The summed E-state index contributed by atoms with van der Waals surface area (Å²) in [4.78, 5) is 23.4. The van der Waals surface area contributed by atoms with E-state index in [0.29, 0.717) is 0 Å². The Bertz CT molecular complexity index is 555. The molecule has 0 aliphatic carbocycles. The highest BCUT2D eigenvalue weighted by molar-refractivity contribution is 5.81. The summed E-state index contributed by atoms with van der Waals surface area (Å²) in [6, 6.07) is 0. The molecule has 0 amide bonds. The van der Waals surface area contributed by atoms with Crippen LogP contribution in [0.4, 0.5) is 0 Å². The maximum Gasteiger partial charge on any atom is 0.306 e. The van der Waals surface area contributed by atoms with Gasteiger partial charge in [-0.3, -0.25) is 4.79 Å². The van der Waals surface area contributed by atoms with Crippen LogP contribution in [0, 0.1) is 0 Å². The Kier molecular flexibility index (Phi) is 4.70. The van der Waals surface area contributed by atoms with Gasteiger partial charge in [-0.2, -0.15) is 0 Å². The molecule has 8 heteroatoms. The van der Waals surface area contributed by atoms with Crippen LogP contribution in [0.25, 0.3) is 0 Å². The number of esters is 1. The van der Waals surface area contributed by atoms with E-state index in [1.54, 1.807) is 27.7 Å². The average Bonchev–Trinajstić information content (AvgIpc) is 2.96. The minimum absolute atomic E-state index is 0.00615. The molecule has 3 heterocycles. The number of ether oxygens (including phenoxy) is 6. The van der Waals surface area contributed by atoms with Crippen LogP contribution in [-0.2, 0) is 38.0 Å². The summed E-state index contributed by atoms with van der Waals surface area (Å²) in [6.45, 7) is 8.91. The molecular formula is C17H26O8. The van der Waals surface area contributed by atoms with Crippen molar-refractivity contribution in [3.05, 3.63) is 0 Å². The minimum atomic E-state index is -1.25. The summed E-state index contributed by atoms with van der Waals surface area (Å²) in [5, 5.41) is 0. The zero-order valence-corrected chi connectivity index (χ0v) is 15.3. The van der Waals surface area contributed by atoms with E-state index in [1.165, 1.54) is 6.92 Å². The Morgan fingerprint density at radius 3 is 2.36 bits per heavy atom. The molecule has 3 fully saturated rings. The molecule has 25 heavy (non-hydrogen) atoms. The van der Waals surface area contributed by atoms with E-state index >= 15 is 0 Å². The number of rotatable bonds is 4. The standard InChI is InChI=1S/C17H26O8/c1-10(18)6-7-12(19)22-14-13-11(23-16(4,5)24-13)8-20-17(14)9-21-15(2,3)25-17/h11,13-14H,6-9H2,1-5H3/t11-,13-,14?,17?/m1/s1. The van der Waals surface area contributed by atoms with Crippen LogP contribution in [0.15, 0.2) is 0 Å². The van der Waals surface area contributed by atoms with Gasteiger partial charge in [0.2, 0.25) is 5.79 Å². The summed E-state index contributed by atoms with van der Waals surface area (Å²) < 4.78 is 35.0. The summed E-state index contributed by atoms with van der Waals surface area (Å²) in [6.07, 6.45) is -1.65. The highest BCUT2D eigenvalue weighted by atomic mass is 16.9. The number of hydrogen-bond acceptors (Lipinski definition) is 8. The van der Waals surface area contributed by atoms with Gasteiger partial charge in [0.05, 0.1) is 13.0 Å². The second-order valence-electron chi connectivity index (χ2n) is 7.66. The van der Waals surface area contributed by atoms with Gasteiger partial charge in [-0.25, -0.2) is 0 Å². The predicted molar refractivity (Wildman–Crippen MR) is 83.4 cm³/mol. The van der Waals surface area contributed by atoms with Crippen LogP contribution in [0.3, 0.4) is 0 Å². The van der Waals surface area contributed by atoms with Crippen LogP contribution < -0.4 is 0 Å². The fourth-order valence-electron chi connectivity index (χ4n) is 3.40. The Morgan fingerprint density at radius 2 is 1.76 bits per heavy atom. The summed E-state index contributed by atoms with van der Waals surface area (Å²) in [7, 11) is 0. The van der Waals surface area contributed by atoms with Crippen LogP contribution in [0.5, 0.6) is 0 Å². The first-order chi connectivity index (χ1) is 11.5. The SMILES string of the molecule is CC(=O)CCC(=O)OC1[C@@H]2OC(C)(C)O[C@@H]2COC12COC(C)(C)O2. The molecule has 4 atom stereocenters. The predicted octanol–water partition coefficient (Wildman–Crippen LogP) is 1.30. The maximum absolute atomic E-state index is 12.2. The molecule has 0 N–H and O–H groups in total. The molecule has 0 aromatic rings. The van der Waals surface area contributed by atoms with E-state index in [4.69, 9.17) is 28.4 Å². The van der Waals surface area contributed by atoms with Gasteiger partial charge in [0, 0.05) is 6.42 Å². The molecule has 3 aliphatic heterocycles. The normalized spacial score (nSPS) is 38.5. The van der Waals surface area contributed by atoms with Crippen LogP contribution in [0.1, 0.15) is 47.5 Å². The second kappa shape index (κ2) is 6.28. The molecule has 3 saturated heterocycles. The molecule has 0 radical (unpaired) electrons. The molecule has 3 aliphatic rings. The molecule has 1 spiro atoms. The Hall–Kier alpha value is -1.06. The van der Waals surface area contributed by atoms with Crippen molar-refractivity contribution < 1.29 is 38.0 Å². The fraction of sp³-hybridized carbons (Fsp3) is 0.882. The molecule has 0 bridgehead atoms. The highest BCUT2D eigenvalue weighted by Gasteiger charge is 2.64. The number of Topliss-reactive ketones (excluding diaryl/α,β-unsaturated/α-hetero) is 1. The first-order valence-corrected chi connectivity index (χ1v) is 8.55. The number of fused-ring (bicyclic) bond motifs is 1. The third kappa shape index (κ3) is 3.88. The molecule has 0 aromatic carbocycles. The first kappa shape index (κ1) is 18.7. The van der Waals surface area contributed by atoms with Crippen LogP contribution in [-0.4, -0.2) is 60.6 Å². The van der Waals surface area contributed by atoms with Crippen molar-refractivity contribution in [1.82, 2.24) is 0 Å². The molecule has 142 valence electrons. The van der Waals surface area contributed by atoms with Gasteiger partial charge in [0.15, 0.2) is 17.7 Å². The number of carbonyl (C=O) groups is 2. The molecular weight excluding hydrogens is 332 g/mol. The van der Waals surface area contributed by atoms with Gasteiger partial charge in [-0.1, -0.05) is 0 Å². The van der Waals surface area contributed by atoms with E-state index in [-0.39, 0.29) is 37.9 Å². The molecule has 2 unspecified atom stereocenters. The maximum atomic E-state index is 12.2. The zero-order chi connectivity index (χ0) is 18.5. The average molecular weight is 358 g/mol.